The first kappa shape index (κ1) is 17.4. The molecule has 0 amide bonds. The molecule has 0 fully saturated rings. The van der Waals surface area contributed by atoms with E-state index >= 15 is 0 Å². The van der Waals surface area contributed by atoms with E-state index in [1.165, 1.54) is 23.5 Å². The molecule has 6 nitrogen and oxygen atoms in total. The van der Waals surface area contributed by atoms with Gasteiger partial charge in [-0.2, -0.15) is 0 Å². The fourth-order valence-electron chi connectivity index (χ4n) is 2.54. The molecule has 0 spiro atoms. The Kier molecular flexibility index (Phi) is 4.26. The standard InChI is InChI=1S/C17H16N2O4S2/c1-9-6-12(17(20)21)7-16(10(9)2)25(22,23)19-13-4-5-14-15(8-13)24-11(3)18-14/h4-8,19H,1-3H3,(H,20,21). The third kappa shape index (κ3) is 3.35. The smallest absolute Gasteiger partial charge is 0.335 e. The van der Waals surface area contributed by atoms with Crippen molar-refractivity contribution in [3.63, 3.8) is 0 Å². The van der Waals surface area contributed by atoms with Crippen molar-refractivity contribution < 1.29 is 18.3 Å². The van der Waals surface area contributed by atoms with Gasteiger partial charge in [0.15, 0.2) is 0 Å². The van der Waals surface area contributed by atoms with Crippen LogP contribution in [0.2, 0.25) is 0 Å². The second kappa shape index (κ2) is 6.12. The highest BCUT2D eigenvalue weighted by Crippen LogP contribution is 2.28. The fourth-order valence-corrected chi connectivity index (χ4v) is 4.80. The van der Waals surface area contributed by atoms with Crippen molar-refractivity contribution in [2.24, 2.45) is 0 Å². The van der Waals surface area contributed by atoms with Crippen molar-refractivity contribution in [2.45, 2.75) is 25.7 Å². The first-order valence-corrected chi connectivity index (χ1v) is 9.72. The summed E-state index contributed by atoms with van der Waals surface area (Å²) < 4.78 is 29.0. The molecule has 3 aromatic rings. The maximum atomic E-state index is 12.8. The van der Waals surface area contributed by atoms with Gasteiger partial charge in [0.05, 0.1) is 31.4 Å². The highest BCUT2D eigenvalue weighted by molar-refractivity contribution is 7.92. The van der Waals surface area contributed by atoms with Crippen molar-refractivity contribution in [1.82, 2.24) is 4.98 Å². The number of aromatic carboxylic acids is 1. The van der Waals surface area contributed by atoms with Gasteiger partial charge in [0, 0.05) is 0 Å². The van der Waals surface area contributed by atoms with Gasteiger partial charge in [-0.25, -0.2) is 18.2 Å². The number of fused-ring (bicyclic) bond motifs is 1. The van der Waals surface area contributed by atoms with Crippen molar-refractivity contribution in [2.75, 3.05) is 4.72 Å². The second-order valence-corrected chi connectivity index (χ2v) is 8.63. The van der Waals surface area contributed by atoms with Crippen LogP contribution in [0.5, 0.6) is 0 Å². The summed E-state index contributed by atoms with van der Waals surface area (Å²) >= 11 is 1.48. The highest BCUT2D eigenvalue weighted by Gasteiger charge is 2.21. The van der Waals surface area contributed by atoms with Crippen molar-refractivity contribution in [3.05, 3.63) is 52.0 Å². The van der Waals surface area contributed by atoms with Gasteiger partial charge in [-0.3, -0.25) is 4.72 Å². The molecule has 0 saturated carbocycles. The molecule has 0 unspecified atom stereocenters. The first-order valence-electron chi connectivity index (χ1n) is 7.42. The summed E-state index contributed by atoms with van der Waals surface area (Å²) in [6.45, 7) is 5.23. The number of rotatable bonds is 4. The van der Waals surface area contributed by atoms with Crippen molar-refractivity contribution in [1.29, 1.82) is 0 Å². The summed E-state index contributed by atoms with van der Waals surface area (Å²) in [5, 5.41) is 10.1. The van der Waals surface area contributed by atoms with Crippen LogP contribution in [0.4, 0.5) is 5.69 Å². The first-order chi connectivity index (χ1) is 11.7. The van der Waals surface area contributed by atoms with Crippen LogP contribution in [0.1, 0.15) is 26.5 Å². The monoisotopic (exact) mass is 376 g/mol. The molecule has 130 valence electrons. The number of aromatic nitrogens is 1. The molecule has 0 radical (unpaired) electrons. The van der Waals surface area contributed by atoms with E-state index in [0.717, 1.165) is 15.2 Å². The van der Waals surface area contributed by atoms with Gasteiger partial charge in [-0.15, -0.1) is 11.3 Å². The van der Waals surface area contributed by atoms with E-state index in [9.17, 15) is 18.3 Å². The van der Waals surface area contributed by atoms with Crippen LogP contribution in [0.3, 0.4) is 0 Å². The van der Waals surface area contributed by atoms with Gasteiger partial charge in [0.25, 0.3) is 10.0 Å². The minimum Gasteiger partial charge on any atom is -0.478 e. The Labute approximate surface area is 149 Å². The van der Waals surface area contributed by atoms with Crippen LogP contribution < -0.4 is 4.72 Å². The molecular formula is C17H16N2O4S2. The molecule has 3 rings (SSSR count). The summed E-state index contributed by atoms with van der Waals surface area (Å²) in [6, 6.07) is 7.76. The molecule has 0 bridgehead atoms. The SMILES string of the molecule is Cc1nc2ccc(NS(=O)(=O)c3cc(C(=O)O)cc(C)c3C)cc2s1. The molecule has 0 aliphatic heterocycles. The molecule has 2 N–H and O–H groups in total. The van der Waals surface area contributed by atoms with Crippen LogP contribution in [0, 0.1) is 20.8 Å². The summed E-state index contributed by atoms with van der Waals surface area (Å²) in [5.74, 6) is -1.17. The average Bonchev–Trinajstić information content (AvgIpc) is 2.88. The number of hydrogen-bond donors (Lipinski definition) is 2. The molecule has 25 heavy (non-hydrogen) atoms. The fraction of sp³-hybridized carbons (Fsp3) is 0.176. The number of aryl methyl sites for hydroxylation is 2. The van der Waals surface area contributed by atoms with Crippen LogP contribution >= 0.6 is 11.3 Å². The molecule has 1 aromatic heterocycles. The van der Waals surface area contributed by atoms with Gasteiger partial charge < -0.3 is 5.11 Å². The highest BCUT2D eigenvalue weighted by atomic mass is 32.2. The average molecular weight is 376 g/mol. The summed E-state index contributed by atoms with van der Waals surface area (Å²) in [4.78, 5) is 15.5. The van der Waals surface area contributed by atoms with Gasteiger partial charge in [-0.1, -0.05) is 0 Å². The zero-order chi connectivity index (χ0) is 18.4. The lowest BCUT2D eigenvalue weighted by Gasteiger charge is -2.13. The van der Waals surface area contributed by atoms with E-state index in [2.05, 4.69) is 9.71 Å². The van der Waals surface area contributed by atoms with E-state index < -0.39 is 16.0 Å². The van der Waals surface area contributed by atoms with Crippen LogP contribution in [0.15, 0.2) is 35.2 Å². The lowest BCUT2D eigenvalue weighted by atomic mass is 10.1. The number of sulfonamides is 1. The number of benzene rings is 2. The minimum absolute atomic E-state index is 0.0366. The largest absolute Gasteiger partial charge is 0.478 e. The minimum atomic E-state index is -3.91. The molecule has 0 atom stereocenters. The van der Waals surface area contributed by atoms with E-state index in [1.807, 2.05) is 6.92 Å². The molecule has 0 saturated heterocycles. The van der Waals surface area contributed by atoms with E-state index in [1.54, 1.807) is 32.0 Å². The number of thiazole rings is 1. The van der Waals surface area contributed by atoms with E-state index in [-0.39, 0.29) is 10.5 Å². The molecule has 2 aromatic carbocycles. The number of nitrogens with one attached hydrogen (secondary N) is 1. The maximum absolute atomic E-state index is 12.8. The Bertz CT molecular complexity index is 1100. The molecule has 8 heteroatoms. The lowest BCUT2D eigenvalue weighted by molar-refractivity contribution is 0.0696. The third-order valence-electron chi connectivity index (χ3n) is 3.90. The van der Waals surface area contributed by atoms with Crippen LogP contribution in [0.25, 0.3) is 10.2 Å². The molecule has 1 heterocycles. The number of carbonyl (C=O) groups is 1. The Balaban J connectivity index is 2.05. The Hall–Kier alpha value is -2.45. The topological polar surface area (TPSA) is 96.4 Å². The number of anilines is 1. The quantitative estimate of drug-likeness (QED) is 0.723. The Morgan fingerprint density at radius 3 is 2.56 bits per heavy atom. The molecule has 0 aliphatic rings. The summed E-state index contributed by atoms with van der Waals surface area (Å²) in [5.41, 5.74) is 2.29. The normalized spacial score (nSPS) is 11.6. The molecule has 0 aliphatic carbocycles. The maximum Gasteiger partial charge on any atom is 0.335 e. The zero-order valence-corrected chi connectivity index (χ0v) is 15.5. The van der Waals surface area contributed by atoms with Gasteiger partial charge >= 0.3 is 5.97 Å². The van der Waals surface area contributed by atoms with E-state index in [0.29, 0.717) is 16.8 Å². The number of carboxylic acid groups (broad SMARTS) is 1. The summed E-state index contributed by atoms with van der Waals surface area (Å²) in [6.07, 6.45) is 0. The zero-order valence-electron chi connectivity index (χ0n) is 13.8. The third-order valence-corrected chi connectivity index (χ3v) is 6.34. The van der Waals surface area contributed by atoms with Gasteiger partial charge in [0.1, 0.15) is 0 Å². The Morgan fingerprint density at radius 1 is 1.16 bits per heavy atom. The summed E-state index contributed by atoms with van der Waals surface area (Å²) in [7, 11) is -3.91. The number of nitrogens with zero attached hydrogens (tertiary/aromatic N) is 1. The predicted molar refractivity (Wildman–Crippen MR) is 98.0 cm³/mol. The number of carboxylic acids is 1. The van der Waals surface area contributed by atoms with Crippen LogP contribution in [-0.2, 0) is 10.0 Å². The van der Waals surface area contributed by atoms with Crippen molar-refractivity contribution >= 4 is 43.2 Å². The van der Waals surface area contributed by atoms with Crippen LogP contribution in [-0.4, -0.2) is 24.5 Å². The predicted octanol–water partition coefficient (Wildman–Crippen LogP) is 3.72. The number of hydrogen-bond acceptors (Lipinski definition) is 5. The van der Waals surface area contributed by atoms with Gasteiger partial charge in [-0.05, 0) is 62.2 Å². The second-order valence-electron chi connectivity index (χ2n) is 5.74. The van der Waals surface area contributed by atoms with Crippen molar-refractivity contribution in [3.8, 4) is 0 Å². The Morgan fingerprint density at radius 2 is 1.88 bits per heavy atom. The molecular weight excluding hydrogens is 360 g/mol. The van der Waals surface area contributed by atoms with E-state index in [4.69, 9.17) is 0 Å². The lowest BCUT2D eigenvalue weighted by Crippen LogP contribution is -2.16. The van der Waals surface area contributed by atoms with Gasteiger partial charge in [0.2, 0.25) is 0 Å².